The van der Waals surface area contributed by atoms with Gasteiger partial charge in [-0.2, -0.15) is 5.10 Å². The minimum absolute atomic E-state index is 0.120. The number of benzene rings is 2. The molecule has 2 heterocycles. The second-order valence-corrected chi connectivity index (χ2v) is 7.32. The van der Waals surface area contributed by atoms with Gasteiger partial charge < -0.3 is 4.90 Å². The molecule has 0 spiro atoms. The van der Waals surface area contributed by atoms with Crippen molar-refractivity contribution in [2.24, 2.45) is 0 Å². The summed E-state index contributed by atoms with van der Waals surface area (Å²) in [5, 5.41) is 6.95. The number of H-pyrrole nitrogens is 1. The van der Waals surface area contributed by atoms with Crippen molar-refractivity contribution >= 4 is 0 Å². The van der Waals surface area contributed by atoms with Crippen LogP contribution in [-0.4, -0.2) is 35.2 Å². The summed E-state index contributed by atoms with van der Waals surface area (Å²) in [5.41, 5.74) is 6.67. The fourth-order valence-electron chi connectivity index (χ4n) is 4.01. The Hall–Kier alpha value is -2.39. The highest BCUT2D eigenvalue weighted by Crippen LogP contribution is 2.42. The van der Waals surface area contributed by atoms with Crippen LogP contribution < -0.4 is 0 Å². The third kappa shape index (κ3) is 3.98. The normalized spacial score (nSPS) is 16.4. The molecule has 3 nitrogen and oxygen atoms in total. The van der Waals surface area contributed by atoms with E-state index < -0.39 is 0 Å². The van der Waals surface area contributed by atoms with Crippen molar-refractivity contribution in [2.75, 3.05) is 20.1 Å². The lowest BCUT2D eigenvalue weighted by Gasteiger charge is -2.42. The first-order valence-corrected chi connectivity index (χ1v) is 10.0. The summed E-state index contributed by atoms with van der Waals surface area (Å²) in [5.74, 6) is 0. The van der Waals surface area contributed by atoms with E-state index in [2.05, 4.69) is 77.6 Å². The van der Waals surface area contributed by atoms with Crippen LogP contribution in [-0.2, 0) is 5.41 Å². The molecule has 1 N–H and O–H groups in total. The van der Waals surface area contributed by atoms with E-state index in [9.17, 15) is 0 Å². The number of rotatable bonds is 3. The number of piperidine rings is 1. The number of aryl methyl sites for hydroxylation is 1. The standard InChI is InChI=1S/C22H25N3.C2H6/c1-17-3-7-20(8-4-17)22(11-13-25(2)14-12-22)21-9-5-18(6-10-21)19-15-23-24-16-19;1-2/h3-10,15-16H,11-14H2,1-2H3,(H,23,24);1-2H3. The molecule has 1 aromatic heterocycles. The average molecular weight is 362 g/mol. The lowest BCUT2D eigenvalue weighted by Crippen LogP contribution is -2.41. The molecule has 4 rings (SSSR count). The zero-order valence-corrected chi connectivity index (χ0v) is 17.0. The summed E-state index contributed by atoms with van der Waals surface area (Å²) in [7, 11) is 2.22. The van der Waals surface area contributed by atoms with E-state index in [0.717, 1.165) is 31.5 Å². The lowest BCUT2D eigenvalue weighted by atomic mass is 9.68. The van der Waals surface area contributed by atoms with Crippen LogP contribution in [0.3, 0.4) is 0 Å². The van der Waals surface area contributed by atoms with Gasteiger partial charge in [0.05, 0.1) is 6.20 Å². The first-order valence-electron chi connectivity index (χ1n) is 10.0. The summed E-state index contributed by atoms with van der Waals surface area (Å²) in [6.45, 7) is 8.43. The summed E-state index contributed by atoms with van der Waals surface area (Å²) < 4.78 is 0. The second kappa shape index (κ2) is 8.53. The number of hydrogen-bond donors (Lipinski definition) is 1. The Balaban J connectivity index is 0.00000102. The Morgan fingerprint density at radius 2 is 1.41 bits per heavy atom. The average Bonchev–Trinajstić information content (AvgIpc) is 3.26. The number of aromatic amines is 1. The van der Waals surface area contributed by atoms with Crippen LogP contribution in [0.2, 0.25) is 0 Å². The van der Waals surface area contributed by atoms with E-state index in [4.69, 9.17) is 0 Å². The van der Waals surface area contributed by atoms with Gasteiger partial charge in [-0.1, -0.05) is 67.9 Å². The predicted molar refractivity (Wildman–Crippen MR) is 114 cm³/mol. The molecule has 0 unspecified atom stereocenters. The van der Waals surface area contributed by atoms with Crippen molar-refractivity contribution in [1.29, 1.82) is 0 Å². The zero-order chi connectivity index (χ0) is 19.3. The summed E-state index contributed by atoms with van der Waals surface area (Å²) >= 11 is 0. The van der Waals surface area contributed by atoms with Crippen LogP contribution in [0.25, 0.3) is 11.1 Å². The van der Waals surface area contributed by atoms with Crippen molar-refractivity contribution in [2.45, 2.75) is 39.0 Å². The molecule has 1 aliphatic heterocycles. The molecule has 1 saturated heterocycles. The largest absolute Gasteiger partial charge is 0.306 e. The maximum atomic E-state index is 4.06. The van der Waals surface area contributed by atoms with E-state index >= 15 is 0 Å². The smallest absolute Gasteiger partial charge is 0.0565 e. The topological polar surface area (TPSA) is 31.9 Å². The van der Waals surface area contributed by atoms with Crippen LogP contribution in [0.5, 0.6) is 0 Å². The molecule has 2 aromatic carbocycles. The summed E-state index contributed by atoms with van der Waals surface area (Å²) in [4.78, 5) is 2.44. The Kier molecular flexibility index (Phi) is 6.12. The van der Waals surface area contributed by atoms with Crippen LogP contribution in [0.1, 0.15) is 43.4 Å². The van der Waals surface area contributed by atoms with E-state index in [-0.39, 0.29) is 5.41 Å². The highest BCUT2D eigenvalue weighted by Gasteiger charge is 2.37. The van der Waals surface area contributed by atoms with Gasteiger partial charge in [-0.3, -0.25) is 5.10 Å². The molecular formula is C24H31N3. The first kappa shape index (κ1) is 19.4. The quantitative estimate of drug-likeness (QED) is 0.675. The third-order valence-electron chi connectivity index (χ3n) is 5.71. The number of nitrogens with zero attached hydrogens (tertiary/aromatic N) is 2. The van der Waals surface area contributed by atoms with Crippen molar-refractivity contribution in [1.82, 2.24) is 15.1 Å². The maximum Gasteiger partial charge on any atom is 0.0565 e. The van der Waals surface area contributed by atoms with Crippen LogP contribution in [0.4, 0.5) is 0 Å². The lowest BCUT2D eigenvalue weighted by molar-refractivity contribution is 0.213. The van der Waals surface area contributed by atoms with E-state index in [1.54, 1.807) is 0 Å². The van der Waals surface area contributed by atoms with Crippen molar-refractivity contribution in [3.05, 3.63) is 77.6 Å². The van der Waals surface area contributed by atoms with Gasteiger partial charge in [0.25, 0.3) is 0 Å². The number of aromatic nitrogens is 2. The highest BCUT2D eigenvalue weighted by atomic mass is 15.1. The minimum atomic E-state index is 0.120. The minimum Gasteiger partial charge on any atom is -0.306 e. The maximum absolute atomic E-state index is 4.06. The van der Waals surface area contributed by atoms with E-state index in [1.165, 1.54) is 22.3 Å². The number of hydrogen-bond acceptors (Lipinski definition) is 2. The van der Waals surface area contributed by atoms with Gasteiger partial charge in [0.2, 0.25) is 0 Å². The molecular weight excluding hydrogens is 330 g/mol. The molecule has 0 aliphatic carbocycles. The molecule has 142 valence electrons. The van der Waals surface area contributed by atoms with Crippen LogP contribution in [0, 0.1) is 6.92 Å². The van der Waals surface area contributed by atoms with Gasteiger partial charge in [-0.05, 0) is 56.6 Å². The van der Waals surface area contributed by atoms with Gasteiger partial charge in [-0.15, -0.1) is 0 Å². The zero-order valence-electron chi connectivity index (χ0n) is 17.0. The molecule has 3 heteroatoms. The molecule has 0 atom stereocenters. The van der Waals surface area contributed by atoms with Crippen LogP contribution in [0.15, 0.2) is 60.9 Å². The van der Waals surface area contributed by atoms with Crippen LogP contribution >= 0.6 is 0 Å². The Morgan fingerprint density at radius 3 is 1.93 bits per heavy atom. The molecule has 3 aromatic rings. The van der Waals surface area contributed by atoms with E-state index in [1.807, 2.05) is 26.2 Å². The van der Waals surface area contributed by atoms with Crippen molar-refractivity contribution in [3.63, 3.8) is 0 Å². The SMILES string of the molecule is CC.Cc1ccc(C2(c3ccc(-c4cn[nH]c4)cc3)CCN(C)CC2)cc1. The fraction of sp³-hybridized carbons (Fsp3) is 0.375. The first-order chi connectivity index (χ1) is 13.2. The number of likely N-dealkylation sites (tertiary alicyclic amines) is 1. The van der Waals surface area contributed by atoms with Gasteiger partial charge in [0.15, 0.2) is 0 Å². The molecule has 1 fully saturated rings. The third-order valence-corrected chi connectivity index (χ3v) is 5.71. The molecule has 0 radical (unpaired) electrons. The highest BCUT2D eigenvalue weighted by molar-refractivity contribution is 5.62. The van der Waals surface area contributed by atoms with Gasteiger partial charge in [0.1, 0.15) is 0 Å². The Morgan fingerprint density at radius 1 is 0.852 bits per heavy atom. The molecule has 0 bridgehead atoms. The monoisotopic (exact) mass is 361 g/mol. The Bertz CT molecular complexity index is 809. The Labute approximate surface area is 163 Å². The van der Waals surface area contributed by atoms with Crippen molar-refractivity contribution in [3.8, 4) is 11.1 Å². The molecule has 0 amide bonds. The predicted octanol–water partition coefficient (Wildman–Crippen LogP) is 5.42. The van der Waals surface area contributed by atoms with Crippen molar-refractivity contribution < 1.29 is 0 Å². The summed E-state index contributed by atoms with van der Waals surface area (Å²) in [6.07, 6.45) is 6.15. The summed E-state index contributed by atoms with van der Waals surface area (Å²) in [6, 6.07) is 18.2. The molecule has 1 aliphatic rings. The fourth-order valence-corrected chi connectivity index (χ4v) is 4.01. The van der Waals surface area contributed by atoms with Gasteiger partial charge in [-0.25, -0.2) is 0 Å². The van der Waals surface area contributed by atoms with Gasteiger partial charge in [0, 0.05) is 17.2 Å². The second-order valence-electron chi connectivity index (χ2n) is 7.32. The number of nitrogens with one attached hydrogen (secondary N) is 1. The molecule has 0 saturated carbocycles. The van der Waals surface area contributed by atoms with E-state index in [0.29, 0.717) is 0 Å². The van der Waals surface area contributed by atoms with Gasteiger partial charge >= 0.3 is 0 Å². The molecule has 27 heavy (non-hydrogen) atoms.